The Morgan fingerprint density at radius 2 is 1.83 bits per heavy atom. The van der Waals surface area contributed by atoms with E-state index in [0.29, 0.717) is 12.1 Å². The topological polar surface area (TPSA) is 83.5 Å². The molecular weight excluding hydrogens is 275 g/mol. The van der Waals surface area contributed by atoms with Crippen molar-refractivity contribution in [3.63, 3.8) is 0 Å². The summed E-state index contributed by atoms with van der Waals surface area (Å²) >= 11 is 0. The Morgan fingerprint density at radius 3 is 2.33 bits per heavy atom. The number of hydrogen-bond donors (Lipinski definition) is 2. The maximum absolute atomic E-state index is 13.2. The lowest BCUT2D eigenvalue weighted by molar-refractivity contribution is -0.138. The van der Waals surface area contributed by atoms with E-state index in [-0.39, 0.29) is 0 Å². The monoisotopic (exact) mass is 283 g/mol. The summed E-state index contributed by atoms with van der Waals surface area (Å²) in [6.45, 7) is 0.998. The average molecular weight is 283 g/mol. The zero-order valence-corrected chi connectivity index (χ0v) is 9.76. The molecule has 0 unspecified atom stereocenters. The van der Waals surface area contributed by atoms with E-state index in [1.165, 1.54) is 0 Å². The number of aliphatic carboxylic acids is 1. The van der Waals surface area contributed by atoms with Gasteiger partial charge >= 0.3 is 5.97 Å². The van der Waals surface area contributed by atoms with Gasteiger partial charge in [0.25, 0.3) is 0 Å². The standard InChI is InChI=1S/C9H8F3NO4S/c1-4(9(14)15)13-18(16,17)6-3-2-5(10)7(11)8(6)12/h2-4,13H,1H3,(H,14,15)/t4-/m0/s1. The van der Waals surface area contributed by atoms with Crippen molar-refractivity contribution in [1.29, 1.82) is 0 Å². The van der Waals surface area contributed by atoms with Gasteiger partial charge in [0.15, 0.2) is 17.5 Å². The number of carbonyl (C=O) groups is 1. The Kier molecular flexibility index (Phi) is 3.97. The fourth-order valence-corrected chi connectivity index (χ4v) is 2.33. The minimum absolute atomic E-state index is 0.429. The van der Waals surface area contributed by atoms with Crippen molar-refractivity contribution in [1.82, 2.24) is 4.72 Å². The van der Waals surface area contributed by atoms with Crippen LogP contribution in [0.3, 0.4) is 0 Å². The highest BCUT2D eigenvalue weighted by molar-refractivity contribution is 7.89. The van der Waals surface area contributed by atoms with E-state index < -0.39 is 44.4 Å². The molecule has 0 radical (unpaired) electrons. The molecule has 1 aromatic carbocycles. The Balaban J connectivity index is 3.22. The number of nitrogens with one attached hydrogen (secondary N) is 1. The van der Waals surface area contributed by atoms with Crippen LogP contribution in [0.5, 0.6) is 0 Å². The van der Waals surface area contributed by atoms with Crippen LogP contribution in [0.15, 0.2) is 17.0 Å². The number of hydrogen-bond acceptors (Lipinski definition) is 3. The first kappa shape index (κ1) is 14.5. The van der Waals surface area contributed by atoms with Crippen molar-refractivity contribution in [2.75, 3.05) is 0 Å². The van der Waals surface area contributed by atoms with Gasteiger partial charge in [-0.1, -0.05) is 0 Å². The van der Waals surface area contributed by atoms with Gasteiger partial charge in [0.05, 0.1) is 0 Å². The van der Waals surface area contributed by atoms with E-state index in [0.717, 1.165) is 6.92 Å². The highest BCUT2D eigenvalue weighted by Gasteiger charge is 2.27. The van der Waals surface area contributed by atoms with Crippen LogP contribution in [0.4, 0.5) is 13.2 Å². The Bertz CT molecular complexity index is 588. The van der Waals surface area contributed by atoms with Crippen LogP contribution in [0, 0.1) is 17.5 Å². The second-order valence-electron chi connectivity index (χ2n) is 3.35. The number of sulfonamides is 1. The lowest BCUT2D eigenvalue weighted by Crippen LogP contribution is -2.38. The molecule has 1 atom stereocenters. The molecule has 9 heteroatoms. The maximum atomic E-state index is 13.2. The molecule has 1 aromatic rings. The van der Waals surface area contributed by atoms with Crippen LogP contribution >= 0.6 is 0 Å². The summed E-state index contributed by atoms with van der Waals surface area (Å²) in [6.07, 6.45) is 0. The SMILES string of the molecule is C[C@H](NS(=O)(=O)c1ccc(F)c(F)c1F)C(=O)O. The van der Waals surface area contributed by atoms with E-state index in [9.17, 15) is 26.4 Å². The number of halogens is 3. The summed E-state index contributed by atoms with van der Waals surface area (Å²) in [4.78, 5) is 9.30. The molecule has 2 N–H and O–H groups in total. The first-order chi connectivity index (χ1) is 8.16. The molecule has 0 fully saturated rings. The molecule has 5 nitrogen and oxygen atoms in total. The van der Waals surface area contributed by atoms with Gasteiger partial charge < -0.3 is 5.11 Å². The van der Waals surface area contributed by atoms with Crippen LogP contribution in [-0.2, 0) is 14.8 Å². The van der Waals surface area contributed by atoms with Crippen molar-refractivity contribution in [2.24, 2.45) is 0 Å². The molecule has 0 amide bonds. The van der Waals surface area contributed by atoms with Crippen molar-refractivity contribution in [3.05, 3.63) is 29.6 Å². The highest BCUT2D eigenvalue weighted by atomic mass is 32.2. The second-order valence-corrected chi connectivity index (χ2v) is 5.04. The molecule has 0 saturated heterocycles. The van der Waals surface area contributed by atoms with Gasteiger partial charge in [0, 0.05) is 0 Å². The number of carboxylic acids is 1. The molecule has 100 valence electrons. The quantitative estimate of drug-likeness (QED) is 0.803. The lowest BCUT2D eigenvalue weighted by atomic mass is 10.3. The van der Waals surface area contributed by atoms with Gasteiger partial charge in [-0.3, -0.25) is 4.79 Å². The van der Waals surface area contributed by atoms with E-state index in [2.05, 4.69) is 0 Å². The van der Waals surface area contributed by atoms with Gasteiger partial charge in [-0.25, -0.2) is 21.6 Å². The molecule has 0 aromatic heterocycles. The van der Waals surface area contributed by atoms with Crippen LogP contribution < -0.4 is 4.72 Å². The zero-order chi connectivity index (χ0) is 14.1. The molecular formula is C9H8F3NO4S. The first-order valence-corrected chi connectivity index (χ1v) is 6.03. The number of rotatable bonds is 4. The van der Waals surface area contributed by atoms with Crippen LogP contribution in [0.1, 0.15) is 6.92 Å². The predicted molar refractivity (Wildman–Crippen MR) is 53.7 cm³/mol. The third-order valence-corrected chi connectivity index (χ3v) is 3.55. The Hall–Kier alpha value is -1.61. The van der Waals surface area contributed by atoms with E-state index in [4.69, 9.17) is 5.11 Å². The van der Waals surface area contributed by atoms with E-state index >= 15 is 0 Å². The third kappa shape index (κ3) is 2.79. The molecule has 0 bridgehead atoms. The van der Waals surface area contributed by atoms with Gasteiger partial charge in [-0.05, 0) is 19.1 Å². The molecule has 0 saturated carbocycles. The summed E-state index contributed by atoms with van der Waals surface area (Å²) < 4.78 is 63.4. The van der Waals surface area contributed by atoms with Crippen LogP contribution in [-0.4, -0.2) is 25.5 Å². The summed E-state index contributed by atoms with van der Waals surface area (Å²) in [7, 11) is -4.59. The van der Waals surface area contributed by atoms with Gasteiger partial charge in [-0.15, -0.1) is 0 Å². The van der Waals surface area contributed by atoms with Crippen molar-refractivity contribution in [2.45, 2.75) is 17.9 Å². The molecule has 18 heavy (non-hydrogen) atoms. The fourth-order valence-electron chi connectivity index (χ4n) is 1.06. The van der Waals surface area contributed by atoms with E-state index in [1.54, 1.807) is 4.72 Å². The van der Waals surface area contributed by atoms with Gasteiger partial charge in [0.1, 0.15) is 10.9 Å². The van der Waals surface area contributed by atoms with E-state index in [1.807, 2.05) is 0 Å². The number of benzene rings is 1. The Labute approximate surface area is 100 Å². The van der Waals surface area contributed by atoms with Gasteiger partial charge in [0.2, 0.25) is 10.0 Å². The predicted octanol–water partition coefficient (Wildman–Crippen LogP) is 0.855. The van der Waals surface area contributed by atoms with Gasteiger partial charge in [-0.2, -0.15) is 4.72 Å². The average Bonchev–Trinajstić information content (AvgIpc) is 2.24. The van der Waals surface area contributed by atoms with Crippen LogP contribution in [0.25, 0.3) is 0 Å². The summed E-state index contributed by atoms with van der Waals surface area (Å²) in [6, 6.07) is -0.606. The van der Waals surface area contributed by atoms with Crippen LogP contribution in [0.2, 0.25) is 0 Å². The molecule has 0 aliphatic heterocycles. The maximum Gasteiger partial charge on any atom is 0.321 e. The van der Waals surface area contributed by atoms with Crippen molar-refractivity contribution < 1.29 is 31.5 Å². The minimum atomic E-state index is -4.59. The first-order valence-electron chi connectivity index (χ1n) is 4.55. The zero-order valence-electron chi connectivity index (χ0n) is 8.95. The minimum Gasteiger partial charge on any atom is -0.480 e. The smallest absolute Gasteiger partial charge is 0.321 e. The second kappa shape index (κ2) is 4.94. The van der Waals surface area contributed by atoms with Crippen molar-refractivity contribution in [3.8, 4) is 0 Å². The summed E-state index contributed by atoms with van der Waals surface area (Å²) in [5.74, 6) is -6.89. The summed E-state index contributed by atoms with van der Waals surface area (Å²) in [5, 5.41) is 8.51. The van der Waals surface area contributed by atoms with Crippen molar-refractivity contribution >= 4 is 16.0 Å². The summed E-state index contributed by atoms with van der Waals surface area (Å²) in [5.41, 5.74) is 0. The Morgan fingerprint density at radius 1 is 1.28 bits per heavy atom. The molecule has 0 aliphatic rings. The molecule has 0 spiro atoms. The fraction of sp³-hybridized carbons (Fsp3) is 0.222. The normalized spacial score (nSPS) is 13.3. The third-order valence-electron chi connectivity index (χ3n) is 1.99. The lowest BCUT2D eigenvalue weighted by Gasteiger charge is -2.11. The molecule has 0 aliphatic carbocycles. The highest BCUT2D eigenvalue weighted by Crippen LogP contribution is 2.19. The molecule has 1 rings (SSSR count). The molecule has 0 heterocycles. The number of carboxylic acid groups (broad SMARTS) is 1. The largest absolute Gasteiger partial charge is 0.480 e.